The Bertz CT molecular complexity index is 569. The molecule has 1 aromatic carbocycles. The van der Waals surface area contributed by atoms with Crippen LogP contribution in [0.4, 0.5) is 5.69 Å². The third-order valence-electron chi connectivity index (χ3n) is 3.07. The van der Waals surface area contributed by atoms with Gasteiger partial charge in [-0.1, -0.05) is 12.1 Å². The van der Waals surface area contributed by atoms with Crippen molar-refractivity contribution in [3.8, 4) is 0 Å². The predicted molar refractivity (Wildman–Crippen MR) is 80.2 cm³/mol. The first kappa shape index (κ1) is 14.2. The smallest absolute Gasteiger partial charge is 0.221 e. The zero-order valence-electron chi connectivity index (χ0n) is 11.8. The third kappa shape index (κ3) is 4.17. The number of hydrogen-bond acceptors (Lipinski definition) is 3. The first-order valence-corrected chi connectivity index (χ1v) is 6.65. The molecule has 0 aliphatic carbocycles. The molecule has 1 amide bonds. The summed E-state index contributed by atoms with van der Waals surface area (Å²) >= 11 is 0. The molecule has 0 bridgehead atoms. The highest BCUT2D eigenvalue weighted by molar-refractivity contribution is 5.88. The average molecular weight is 269 g/mol. The van der Waals surface area contributed by atoms with E-state index in [1.165, 1.54) is 12.5 Å². The normalized spacial score (nSPS) is 11.9. The molecule has 4 nitrogen and oxygen atoms in total. The lowest BCUT2D eigenvalue weighted by atomic mass is 10.1. The molecule has 104 valence electrons. The van der Waals surface area contributed by atoms with Gasteiger partial charge in [-0.25, -0.2) is 0 Å². The van der Waals surface area contributed by atoms with Crippen LogP contribution in [0.2, 0.25) is 0 Å². The van der Waals surface area contributed by atoms with E-state index in [0.717, 1.165) is 17.8 Å². The van der Waals surface area contributed by atoms with E-state index in [1.807, 2.05) is 30.3 Å². The summed E-state index contributed by atoms with van der Waals surface area (Å²) in [6, 6.07) is 12.1. The highest BCUT2D eigenvalue weighted by Crippen LogP contribution is 2.17. The Kier molecular flexibility index (Phi) is 4.85. The molecule has 1 atom stereocenters. The van der Waals surface area contributed by atoms with Gasteiger partial charge in [0.2, 0.25) is 5.91 Å². The fraction of sp³-hybridized carbons (Fsp3) is 0.250. The Hall–Kier alpha value is -2.20. The molecule has 4 heteroatoms. The second-order valence-electron chi connectivity index (χ2n) is 4.76. The van der Waals surface area contributed by atoms with Crippen LogP contribution in [-0.2, 0) is 11.3 Å². The summed E-state index contributed by atoms with van der Waals surface area (Å²) in [5.41, 5.74) is 3.17. The molecule has 2 rings (SSSR count). The zero-order valence-corrected chi connectivity index (χ0v) is 11.8. The van der Waals surface area contributed by atoms with Gasteiger partial charge in [0, 0.05) is 37.6 Å². The van der Waals surface area contributed by atoms with E-state index in [1.54, 1.807) is 12.4 Å². The summed E-state index contributed by atoms with van der Waals surface area (Å²) in [4.78, 5) is 15.1. The van der Waals surface area contributed by atoms with Crippen molar-refractivity contribution in [1.29, 1.82) is 0 Å². The highest BCUT2D eigenvalue weighted by atomic mass is 16.1. The van der Waals surface area contributed by atoms with Gasteiger partial charge in [0.25, 0.3) is 0 Å². The number of carbonyl (C=O) groups excluding carboxylic acids is 1. The lowest BCUT2D eigenvalue weighted by molar-refractivity contribution is -0.114. The second kappa shape index (κ2) is 6.82. The van der Waals surface area contributed by atoms with Crippen molar-refractivity contribution in [1.82, 2.24) is 10.3 Å². The lowest BCUT2D eigenvalue weighted by Gasteiger charge is -2.15. The van der Waals surface area contributed by atoms with E-state index in [2.05, 4.69) is 28.6 Å². The molecule has 0 aliphatic rings. The Morgan fingerprint density at radius 3 is 2.70 bits per heavy atom. The fourth-order valence-electron chi connectivity index (χ4n) is 1.98. The number of pyridine rings is 1. The van der Waals surface area contributed by atoms with E-state index in [-0.39, 0.29) is 11.9 Å². The number of aromatic nitrogens is 1. The monoisotopic (exact) mass is 269 g/mol. The summed E-state index contributed by atoms with van der Waals surface area (Å²) in [7, 11) is 0. The molecular formula is C16H19N3O. The molecule has 0 spiro atoms. The van der Waals surface area contributed by atoms with Crippen molar-refractivity contribution in [2.75, 3.05) is 5.32 Å². The first-order valence-electron chi connectivity index (χ1n) is 6.65. The minimum absolute atomic E-state index is 0.0560. The van der Waals surface area contributed by atoms with Crippen molar-refractivity contribution < 1.29 is 4.79 Å². The van der Waals surface area contributed by atoms with Crippen LogP contribution in [-0.4, -0.2) is 10.9 Å². The minimum atomic E-state index is -0.0560. The van der Waals surface area contributed by atoms with E-state index >= 15 is 0 Å². The Balaban J connectivity index is 1.98. The van der Waals surface area contributed by atoms with Gasteiger partial charge < -0.3 is 10.6 Å². The van der Waals surface area contributed by atoms with Crippen molar-refractivity contribution in [2.24, 2.45) is 0 Å². The maximum atomic E-state index is 11.1. The van der Waals surface area contributed by atoms with E-state index in [0.29, 0.717) is 0 Å². The molecule has 0 aliphatic heterocycles. The summed E-state index contributed by atoms with van der Waals surface area (Å²) in [5, 5.41) is 6.25. The summed E-state index contributed by atoms with van der Waals surface area (Å²) in [6.45, 7) is 4.40. The van der Waals surface area contributed by atoms with E-state index in [4.69, 9.17) is 0 Å². The topological polar surface area (TPSA) is 54.0 Å². The van der Waals surface area contributed by atoms with Crippen LogP contribution in [0, 0.1) is 0 Å². The highest BCUT2D eigenvalue weighted by Gasteiger charge is 2.06. The Labute approximate surface area is 119 Å². The predicted octanol–water partition coefficient (Wildman–Crippen LogP) is 2.89. The van der Waals surface area contributed by atoms with Gasteiger partial charge >= 0.3 is 0 Å². The molecule has 2 N–H and O–H groups in total. The van der Waals surface area contributed by atoms with Crippen molar-refractivity contribution in [3.63, 3.8) is 0 Å². The number of hydrogen-bond donors (Lipinski definition) is 2. The van der Waals surface area contributed by atoms with Gasteiger partial charge in [-0.3, -0.25) is 9.78 Å². The molecule has 20 heavy (non-hydrogen) atoms. The van der Waals surface area contributed by atoms with E-state index in [9.17, 15) is 4.79 Å². The van der Waals surface area contributed by atoms with Crippen LogP contribution in [0.25, 0.3) is 0 Å². The number of amides is 1. The zero-order chi connectivity index (χ0) is 14.4. The Morgan fingerprint density at radius 2 is 2.00 bits per heavy atom. The maximum Gasteiger partial charge on any atom is 0.221 e. The number of benzene rings is 1. The number of anilines is 1. The van der Waals surface area contributed by atoms with Gasteiger partial charge in [0.1, 0.15) is 0 Å². The summed E-state index contributed by atoms with van der Waals surface area (Å²) < 4.78 is 0. The van der Waals surface area contributed by atoms with Crippen LogP contribution in [0.5, 0.6) is 0 Å². The molecule has 0 unspecified atom stereocenters. The Morgan fingerprint density at radius 1 is 1.25 bits per heavy atom. The number of carbonyl (C=O) groups is 1. The van der Waals surface area contributed by atoms with Gasteiger partial charge in [0.15, 0.2) is 0 Å². The molecule has 1 heterocycles. The van der Waals surface area contributed by atoms with Crippen molar-refractivity contribution in [2.45, 2.75) is 26.4 Å². The SMILES string of the molecule is CC(=O)Nc1cccc([C@H](C)NCc2ccncc2)c1. The van der Waals surface area contributed by atoms with Gasteiger partial charge in [-0.15, -0.1) is 0 Å². The summed E-state index contributed by atoms with van der Waals surface area (Å²) in [5.74, 6) is -0.0560. The molecule has 0 fully saturated rings. The molecular weight excluding hydrogens is 250 g/mol. The van der Waals surface area contributed by atoms with Crippen LogP contribution >= 0.6 is 0 Å². The van der Waals surface area contributed by atoms with Gasteiger partial charge in [0.05, 0.1) is 0 Å². The third-order valence-corrected chi connectivity index (χ3v) is 3.07. The van der Waals surface area contributed by atoms with Gasteiger partial charge in [-0.2, -0.15) is 0 Å². The lowest BCUT2D eigenvalue weighted by Crippen LogP contribution is -2.18. The number of nitrogens with one attached hydrogen (secondary N) is 2. The average Bonchev–Trinajstić information content (AvgIpc) is 2.45. The standard InChI is InChI=1S/C16H19N3O/c1-12(18-11-14-6-8-17-9-7-14)15-4-3-5-16(10-15)19-13(2)20/h3-10,12,18H,11H2,1-2H3,(H,19,20)/t12-/m0/s1. The first-order chi connectivity index (χ1) is 9.65. The molecule has 2 aromatic rings. The molecule has 0 radical (unpaired) electrons. The largest absolute Gasteiger partial charge is 0.326 e. The second-order valence-corrected chi connectivity index (χ2v) is 4.76. The molecule has 0 saturated carbocycles. The van der Waals surface area contributed by atoms with Crippen LogP contribution in [0.3, 0.4) is 0 Å². The quantitative estimate of drug-likeness (QED) is 0.877. The van der Waals surface area contributed by atoms with E-state index < -0.39 is 0 Å². The van der Waals surface area contributed by atoms with Crippen molar-refractivity contribution >= 4 is 11.6 Å². The van der Waals surface area contributed by atoms with Crippen LogP contribution in [0.1, 0.15) is 31.0 Å². The number of rotatable bonds is 5. The number of nitrogens with zero attached hydrogens (tertiary/aromatic N) is 1. The molecule has 0 saturated heterocycles. The van der Waals surface area contributed by atoms with Gasteiger partial charge in [-0.05, 0) is 42.3 Å². The van der Waals surface area contributed by atoms with Crippen LogP contribution in [0.15, 0.2) is 48.8 Å². The molecule has 1 aromatic heterocycles. The minimum Gasteiger partial charge on any atom is -0.326 e. The summed E-state index contributed by atoms with van der Waals surface area (Å²) in [6.07, 6.45) is 3.58. The van der Waals surface area contributed by atoms with Crippen molar-refractivity contribution in [3.05, 3.63) is 59.9 Å². The van der Waals surface area contributed by atoms with Crippen LogP contribution < -0.4 is 10.6 Å². The maximum absolute atomic E-state index is 11.1. The fourth-order valence-corrected chi connectivity index (χ4v) is 1.98.